The standard InChI is InChI=1S/C21H26N4S/c1-24(13-11-17-6-3-2-4-7-17)19-8-5-12-25(16-19)15-18-9-10-20-21(14-18)23-26-22-20/h2-4,6-7,9-10,14,19H,5,8,11-13,15-16H2,1H3. The first-order valence-corrected chi connectivity index (χ1v) is 10.2. The summed E-state index contributed by atoms with van der Waals surface area (Å²) in [6, 6.07) is 18.0. The quantitative estimate of drug-likeness (QED) is 0.664. The van der Waals surface area contributed by atoms with Crippen LogP contribution in [0.4, 0.5) is 0 Å². The number of benzene rings is 2. The van der Waals surface area contributed by atoms with Gasteiger partial charge in [-0.15, -0.1) is 0 Å². The van der Waals surface area contributed by atoms with E-state index in [2.05, 4.69) is 74.1 Å². The highest BCUT2D eigenvalue weighted by molar-refractivity contribution is 7.00. The lowest BCUT2D eigenvalue weighted by Gasteiger charge is -2.37. The second-order valence-corrected chi connectivity index (χ2v) is 7.86. The van der Waals surface area contributed by atoms with Crippen LogP contribution in [-0.4, -0.2) is 51.3 Å². The van der Waals surface area contributed by atoms with Gasteiger partial charge >= 0.3 is 0 Å². The molecule has 5 heteroatoms. The van der Waals surface area contributed by atoms with Gasteiger partial charge in [-0.3, -0.25) is 4.90 Å². The maximum Gasteiger partial charge on any atom is 0.105 e. The summed E-state index contributed by atoms with van der Waals surface area (Å²) >= 11 is 1.30. The van der Waals surface area contributed by atoms with E-state index in [0.29, 0.717) is 6.04 Å². The zero-order valence-corrected chi connectivity index (χ0v) is 16.2. The molecule has 2 heterocycles. The number of piperidine rings is 1. The van der Waals surface area contributed by atoms with Crippen molar-refractivity contribution in [3.63, 3.8) is 0 Å². The fraction of sp³-hybridized carbons (Fsp3) is 0.429. The molecule has 0 bridgehead atoms. The highest BCUT2D eigenvalue weighted by atomic mass is 32.1. The van der Waals surface area contributed by atoms with Gasteiger partial charge in [0.1, 0.15) is 11.0 Å². The Bertz CT molecular complexity index is 832. The third-order valence-electron chi connectivity index (χ3n) is 5.42. The number of hydrogen-bond acceptors (Lipinski definition) is 5. The highest BCUT2D eigenvalue weighted by Gasteiger charge is 2.23. The number of likely N-dealkylation sites (N-methyl/N-ethyl adjacent to an activating group) is 1. The van der Waals surface area contributed by atoms with Gasteiger partial charge in [-0.05, 0) is 56.1 Å². The summed E-state index contributed by atoms with van der Waals surface area (Å²) in [5.41, 5.74) is 4.81. The molecule has 1 aliphatic rings. The first-order chi connectivity index (χ1) is 12.8. The van der Waals surface area contributed by atoms with Gasteiger partial charge in [-0.1, -0.05) is 36.4 Å². The Kier molecular flexibility index (Phi) is 5.58. The lowest BCUT2D eigenvalue weighted by molar-refractivity contribution is 0.112. The molecule has 136 valence electrons. The monoisotopic (exact) mass is 366 g/mol. The molecule has 1 atom stereocenters. The van der Waals surface area contributed by atoms with Crippen LogP contribution in [0, 0.1) is 0 Å². The zero-order chi connectivity index (χ0) is 17.8. The molecule has 0 aliphatic carbocycles. The van der Waals surface area contributed by atoms with E-state index in [9.17, 15) is 0 Å². The summed E-state index contributed by atoms with van der Waals surface area (Å²) in [6.45, 7) is 4.48. The average molecular weight is 367 g/mol. The Morgan fingerprint density at radius 2 is 1.92 bits per heavy atom. The second-order valence-electron chi connectivity index (χ2n) is 7.33. The second kappa shape index (κ2) is 8.25. The molecular formula is C21H26N4S. The van der Waals surface area contributed by atoms with Crippen LogP contribution in [0.3, 0.4) is 0 Å². The molecule has 0 amide bonds. The van der Waals surface area contributed by atoms with Crippen molar-refractivity contribution in [2.24, 2.45) is 0 Å². The van der Waals surface area contributed by atoms with Gasteiger partial charge < -0.3 is 4.90 Å². The first kappa shape index (κ1) is 17.6. The van der Waals surface area contributed by atoms with E-state index < -0.39 is 0 Å². The molecule has 1 saturated heterocycles. The molecule has 0 spiro atoms. The fourth-order valence-electron chi connectivity index (χ4n) is 3.85. The minimum absolute atomic E-state index is 0.650. The number of aromatic nitrogens is 2. The molecule has 2 aromatic carbocycles. The molecule has 1 aromatic heterocycles. The van der Waals surface area contributed by atoms with Gasteiger partial charge in [0, 0.05) is 25.7 Å². The summed E-state index contributed by atoms with van der Waals surface area (Å²) < 4.78 is 8.67. The Labute approximate surface area is 159 Å². The molecule has 1 aliphatic heterocycles. The Morgan fingerprint density at radius 3 is 2.81 bits per heavy atom. The molecule has 1 fully saturated rings. The van der Waals surface area contributed by atoms with Crippen molar-refractivity contribution in [1.82, 2.24) is 18.5 Å². The molecule has 4 rings (SSSR count). The molecular weight excluding hydrogens is 340 g/mol. The topological polar surface area (TPSA) is 32.3 Å². The summed E-state index contributed by atoms with van der Waals surface area (Å²) in [7, 11) is 2.28. The smallest absolute Gasteiger partial charge is 0.105 e. The van der Waals surface area contributed by atoms with Crippen molar-refractivity contribution in [3.05, 3.63) is 59.7 Å². The minimum atomic E-state index is 0.650. The maximum absolute atomic E-state index is 4.37. The normalized spacial score (nSPS) is 18.6. The Morgan fingerprint density at radius 1 is 1.08 bits per heavy atom. The SMILES string of the molecule is CN(CCc1ccccc1)C1CCCN(Cc2ccc3nsnc3c2)C1. The van der Waals surface area contributed by atoms with Crippen LogP contribution in [-0.2, 0) is 13.0 Å². The predicted molar refractivity (Wildman–Crippen MR) is 108 cm³/mol. The summed E-state index contributed by atoms with van der Waals surface area (Å²) in [4.78, 5) is 5.14. The number of fused-ring (bicyclic) bond motifs is 1. The number of rotatable bonds is 6. The van der Waals surface area contributed by atoms with E-state index in [1.165, 1.54) is 42.2 Å². The maximum atomic E-state index is 4.37. The molecule has 4 nitrogen and oxygen atoms in total. The van der Waals surface area contributed by atoms with Crippen molar-refractivity contribution in [2.75, 3.05) is 26.7 Å². The third kappa shape index (κ3) is 4.29. The van der Waals surface area contributed by atoms with Crippen LogP contribution in [0.2, 0.25) is 0 Å². The van der Waals surface area contributed by atoms with Crippen LogP contribution in [0.25, 0.3) is 11.0 Å². The van der Waals surface area contributed by atoms with Gasteiger partial charge in [0.15, 0.2) is 0 Å². The van der Waals surface area contributed by atoms with Gasteiger partial charge in [0.05, 0.1) is 11.7 Å². The van der Waals surface area contributed by atoms with E-state index in [1.54, 1.807) is 0 Å². The fourth-order valence-corrected chi connectivity index (χ4v) is 4.37. The summed E-state index contributed by atoms with van der Waals surface area (Å²) in [5.74, 6) is 0. The van der Waals surface area contributed by atoms with Gasteiger partial charge in [-0.25, -0.2) is 0 Å². The van der Waals surface area contributed by atoms with Gasteiger partial charge in [0.25, 0.3) is 0 Å². The number of likely N-dealkylation sites (tertiary alicyclic amines) is 1. The van der Waals surface area contributed by atoms with Crippen molar-refractivity contribution in [1.29, 1.82) is 0 Å². The van der Waals surface area contributed by atoms with Crippen molar-refractivity contribution in [3.8, 4) is 0 Å². The van der Waals surface area contributed by atoms with Crippen molar-refractivity contribution < 1.29 is 0 Å². The third-order valence-corrected chi connectivity index (χ3v) is 5.98. The number of nitrogens with zero attached hydrogens (tertiary/aromatic N) is 4. The molecule has 0 N–H and O–H groups in total. The van der Waals surface area contributed by atoms with Gasteiger partial charge in [0.2, 0.25) is 0 Å². The molecule has 3 aromatic rings. The van der Waals surface area contributed by atoms with Crippen molar-refractivity contribution >= 4 is 22.8 Å². The van der Waals surface area contributed by atoms with Crippen LogP contribution in [0.1, 0.15) is 24.0 Å². The van der Waals surface area contributed by atoms with Crippen LogP contribution in [0.5, 0.6) is 0 Å². The lowest BCUT2D eigenvalue weighted by Crippen LogP contribution is -2.46. The molecule has 26 heavy (non-hydrogen) atoms. The van der Waals surface area contributed by atoms with E-state index >= 15 is 0 Å². The Hall–Kier alpha value is -1.82. The minimum Gasteiger partial charge on any atom is -0.302 e. The summed E-state index contributed by atoms with van der Waals surface area (Å²) in [5, 5.41) is 0. The van der Waals surface area contributed by atoms with Crippen molar-refractivity contribution in [2.45, 2.75) is 31.8 Å². The zero-order valence-electron chi connectivity index (χ0n) is 15.3. The van der Waals surface area contributed by atoms with E-state index in [-0.39, 0.29) is 0 Å². The Balaban J connectivity index is 1.32. The number of hydrogen-bond donors (Lipinski definition) is 0. The lowest BCUT2D eigenvalue weighted by atomic mass is 10.0. The van der Waals surface area contributed by atoms with Gasteiger partial charge in [-0.2, -0.15) is 8.75 Å². The van der Waals surface area contributed by atoms with Crippen LogP contribution < -0.4 is 0 Å². The molecule has 1 unspecified atom stereocenters. The predicted octanol–water partition coefficient (Wildman–Crippen LogP) is 3.83. The van der Waals surface area contributed by atoms with E-state index in [0.717, 1.165) is 37.1 Å². The largest absolute Gasteiger partial charge is 0.302 e. The molecule has 0 radical (unpaired) electrons. The van der Waals surface area contributed by atoms with Crippen LogP contribution >= 0.6 is 11.7 Å². The van der Waals surface area contributed by atoms with E-state index in [4.69, 9.17) is 0 Å². The van der Waals surface area contributed by atoms with Crippen LogP contribution in [0.15, 0.2) is 48.5 Å². The average Bonchev–Trinajstić information content (AvgIpc) is 3.15. The molecule has 0 saturated carbocycles. The summed E-state index contributed by atoms with van der Waals surface area (Å²) in [6.07, 6.45) is 3.71. The highest BCUT2D eigenvalue weighted by Crippen LogP contribution is 2.20. The van der Waals surface area contributed by atoms with E-state index in [1.807, 2.05) is 0 Å². The first-order valence-electron chi connectivity index (χ1n) is 9.46.